The van der Waals surface area contributed by atoms with Crippen LogP contribution < -0.4 is 15.5 Å². The fourth-order valence-corrected chi connectivity index (χ4v) is 3.67. The molecule has 2 aromatic carbocycles. The minimum atomic E-state index is -0.415. The van der Waals surface area contributed by atoms with Crippen LogP contribution in [0, 0.1) is 5.92 Å². The minimum Gasteiger partial charge on any atom is -0.347 e. The van der Waals surface area contributed by atoms with Gasteiger partial charge in [0.05, 0.1) is 5.92 Å². The smallest absolute Gasteiger partial charge is 0.251 e. The zero-order valence-electron chi connectivity index (χ0n) is 17.7. The van der Waals surface area contributed by atoms with Crippen LogP contribution in [0.3, 0.4) is 0 Å². The molecule has 0 radical (unpaired) electrons. The van der Waals surface area contributed by atoms with Crippen molar-refractivity contribution in [2.24, 2.45) is 5.92 Å². The molecule has 1 unspecified atom stereocenters. The van der Waals surface area contributed by atoms with E-state index in [0.29, 0.717) is 17.8 Å². The minimum absolute atomic E-state index is 0.0544. The predicted octanol–water partition coefficient (Wildman–Crippen LogP) is 3.93. The van der Waals surface area contributed by atoms with Gasteiger partial charge in [0, 0.05) is 40.3 Å². The van der Waals surface area contributed by atoms with Crippen LogP contribution in [0.2, 0.25) is 0 Å². The molecule has 1 atom stereocenters. The lowest BCUT2D eigenvalue weighted by Crippen LogP contribution is -2.40. The summed E-state index contributed by atoms with van der Waals surface area (Å²) in [6.45, 7) is 6.11. The second-order valence-electron chi connectivity index (χ2n) is 8.37. The molecule has 1 fully saturated rings. The van der Waals surface area contributed by atoms with Crippen LogP contribution >= 0.6 is 11.8 Å². The zero-order valence-corrected chi connectivity index (χ0v) is 18.5. The van der Waals surface area contributed by atoms with E-state index < -0.39 is 5.92 Å². The van der Waals surface area contributed by atoms with Crippen molar-refractivity contribution < 1.29 is 14.4 Å². The molecule has 1 heterocycles. The number of hydrogen-bond donors (Lipinski definition) is 2. The largest absolute Gasteiger partial charge is 0.347 e. The lowest BCUT2D eigenvalue weighted by atomic mass is 10.1. The average Bonchev–Trinajstić information content (AvgIpc) is 3.09. The SMILES string of the molecule is CSc1ccc(N2CC(C(=O)Nc3ccc(C(=O)NC(C)(C)C)cc3)CC2=O)cc1. The summed E-state index contributed by atoms with van der Waals surface area (Å²) in [7, 11) is 0. The molecule has 2 N–H and O–H groups in total. The third-order valence-corrected chi connectivity index (χ3v) is 5.53. The molecule has 158 valence electrons. The Hall–Kier alpha value is -2.80. The number of thioether (sulfide) groups is 1. The Morgan fingerprint density at radius 3 is 2.23 bits per heavy atom. The molecule has 0 spiro atoms. The maximum Gasteiger partial charge on any atom is 0.251 e. The van der Waals surface area contributed by atoms with Crippen molar-refractivity contribution in [1.29, 1.82) is 0 Å². The molecule has 1 aliphatic heterocycles. The number of benzene rings is 2. The number of amides is 3. The Morgan fingerprint density at radius 1 is 1.03 bits per heavy atom. The number of carbonyl (C=O) groups is 3. The van der Waals surface area contributed by atoms with Gasteiger partial charge in [-0.15, -0.1) is 11.8 Å². The van der Waals surface area contributed by atoms with E-state index in [9.17, 15) is 14.4 Å². The number of hydrogen-bond acceptors (Lipinski definition) is 4. The molecule has 1 saturated heterocycles. The molecule has 3 rings (SSSR count). The molecule has 0 aromatic heterocycles. The Bertz CT molecular complexity index is 934. The number of anilines is 2. The third kappa shape index (κ3) is 5.42. The molecule has 6 nitrogen and oxygen atoms in total. The van der Waals surface area contributed by atoms with Crippen molar-refractivity contribution in [2.75, 3.05) is 23.0 Å². The van der Waals surface area contributed by atoms with E-state index in [0.717, 1.165) is 10.6 Å². The van der Waals surface area contributed by atoms with Crippen LogP contribution in [0.4, 0.5) is 11.4 Å². The van der Waals surface area contributed by atoms with E-state index in [1.165, 1.54) is 0 Å². The van der Waals surface area contributed by atoms with Crippen LogP contribution in [-0.4, -0.2) is 36.1 Å². The molecular formula is C23H27N3O3S. The van der Waals surface area contributed by atoms with Crippen LogP contribution in [0.15, 0.2) is 53.4 Å². The molecule has 1 aliphatic rings. The Balaban J connectivity index is 1.60. The topological polar surface area (TPSA) is 78.5 Å². The number of rotatable bonds is 5. The van der Waals surface area contributed by atoms with Crippen LogP contribution in [0.1, 0.15) is 37.6 Å². The van der Waals surface area contributed by atoms with Crippen LogP contribution in [-0.2, 0) is 9.59 Å². The van der Waals surface area contributed by atoms with Gasteiger partial charge in [0.25, 0.3) is 5.91 Å². The van der Waals surface area contributed by atoms with Crippen molar-refractivity contribution in [3.05, 3.63) is 54.1 Å². The predicted molar refractivity (Wildman–Crippen MR) is 121 cm³/mol. The molecule has 7 heteroatoms. The van der Waals surface area contributed by atoms with Gasteiger partial charge in [0.2, 0.25) is 11.8 Å². The summed E-state index contributed by atoms with van der Waals surface area (Å²) in [6, 6.07) is 14.5. The average molecular weight is 426 g/mol. The summed E-state index contributed by atoms with van der Waals surface area (Å²) >= 11 is 1.64. The molecule has 3 amide bonds. The van der Waals surface area contributed by atoms with E-state index in [1.807, 2.05) is 51.3 Å². The first-order valence-electron chi connectivity index (χ1n) is 9.84. The zero-order chi connectivity index (χ0) is 21.9. The quantitative estimate of drug-likeness (QED) is 0.712. The van der Waals surface area contributed by atoms with Gasteiger partial charge in [-0.05, 0) is 75.6 Å². The Labute approximate surface area is 181 Å². The standard InChI is InChI=1S/C23H27N3O3S/c1-23(2,3)25-22(29)15-5-7-17(8-6-15)24-21(28)16-13-20(27)26(14-16)18-9-11-19(30-4)12-10-18/h5-12,16H,13-14H2,1-4H3,(H,24,28)(H,25,29). The summed E-state index contributed by atoms with van der Waals surface area (Å²) in [5.74, 6) is -0.828. The normalized spacial score (nSPS) is 16.5. The summed E-state index contributed by atoms with van der Waals surface area (Å²) in [4.78, 5) is 40.1. The number of nitrogens with one attached hydrogen (secondary N) is 2. The van der Waals surface area contributed by atoms with Gasteiger partial charge < -0.3 is 15.5 Å². The first-order valence-corrected chi connectivity index (χ1v) is 11.1. The molecular weight excluding hydrogens is 398 g/mol. The van der Waals surface area contributed by atoms with Crippen LogP contribution in [0.25, 0.3) is 0 Å². The second-order valence-corrected chi connectivity index (χ2v) is 9.25. The van der Waals surface area contributed by atoms with E-state index in [-0.39, 0.29) is 29.7 Å². The highest BCUT2D eigenvalue weighted by molar-refractivity contribution is 7.98. The fraction of sp³-hybridized carbons (Fsp3) is 0.348. The second kappa shape index (κ2) is 8.92. The number of carbonyl (C=O) groups excluding carboxylic acids is 3. The van der Waals surface area contributed by atoms with Crippen molar-refractivity contribution in [3.8, 4) is 0 Å². The van der Waals surface area contributed by atoms with Gasteiger partial charge in [0.15, 0.2) is 0 Å². The Morgan fingerprint density at radius 2 is 1.67 bits per heavy atom. The molecule has 0 bridgehead atoms. The first kappa shape index (κ1) is 21.9. The van der Waals surface area contributed by atoms with Crippen LogP contribution in [0.5, 0.6) is 0 Å². The van der Waals surface area contributed by atoms with Gasteiger partial charge in [-0.3, -0.25) is 14.4 Å². The summed E-state index contributed by atoms with van der Waals surface area (Å²) in [5, 5.41) is 5.76. The number of nitrogens with zero attached hydrogens (tertiary/aromatic N) is 1. The molecule has 0 aliphatic carbocycles. The summed E-state index contributed by atoms with van der Waals surface area (Å²) in [6.07, 6.45) is 2.18. The highest BCUT2D eigenvalue weighted by Gasteiger charge is 2.35. The molecule has 30 heavy (non-hydrogen) atoms. The molecule has 0 saturated carbocycles. The van der Waals surface area contributed by atoms with E-state index in [1.54, 1.807) is 40.9 Å². The van der Waals surface area contributed by atoms with Gasteiger partial charge in [0.1, 0.15) is 0 Å². The fourth-order valence-electron chi connectivity index (χ4n) is 3.26. The van der Waals surface area contributed by atoms with E-state index >= 15 is 0 Å². The highest BCUT2D eigenvalue weighted by Crippen LogP contribution is 2.28. The summed E-state index contributed by atoms with van der Waals surface area (Å²) < 4.78 is 0. The third-order valence-electron chi connectivity index (χ3n) is 4.78. The van der Waals surface area contributed by atoms with Gasteiger partial charge in [-0.1, -0.05) is 0 Å². The van der Waals surface area contributed by atoms with Crippen molar-refractivity contribution in [1.82, 2.24) is 5.32 Å². The monoisotopic (exact) mass is 425 g/mol. The lowest BCUT2D eigenvalue weighted by Gasteiger charge is -2.20. The van der Waals surface area contributed by atoms with Gasteiger partial charge in [-0.2, -0.15) is 0 Å². The van der Waals surface area contributed by atoms with Crippen molar-refractivity contribution >= 4 is 40.9 Å². The van der Waals surface area contributed by atoms with E-state index in [2.05, 4.69) is 10.6 Å². The Kier molecular flexibility index (Phi) is 6.51. The van der Waals surface area contributed by atoms with Gasteiger partial charge >= 0.3 is 0 Å². The van der Waals surface area contributed by atoms with E-state index in [4.69, 9.17) is 0 Å². The van der Waals surface area contributed by atoms with Crippen molar-refractivity contribution in [3.63, 3.8) is 0 Å². The summed E-state index contributed by atoms with van der Waals surface area (Å²) in [5.41, 5.74) is 1.62. The van der Waals surface area contributed by atoms with Gasteiger partial charge in [-0.25, -0.2) is 0 Å². The maximum atomic E-state index is 12.7. The molecule has 2 aromatic rings. The highest BCUT2D eigenvalue weighted by atomic mass is 32.2. The first-order chi connectivity index (χ1) is 14.2. The van der Waals surface area contributed by atoms with Crippen molar-refractivity contribution in [2.45, 2.75) is 37.6 Å². The maximum absolute atomic E-state index is 12.7. The lowest BCUT2D eigenvalue weighted by molar-refractivity contribution is -0.122.